The zero-order valence-electron chi connectivity index (χ0n) is 28.5. The average molecular weight is 685 g/mol. The van der Waals surface area contributed by atoms with Gasteiger partial charge in [-0.2, -0.15) is 4.73 Å². The van der Waals surface area contributed by atoms with Gasteiger partial charge in [0.15, 0.2) is 17.8 Å². The molecule has 2 aromatic heterocycles. The summed E-state index contributed by atoms with van der Waals surface area (Å²) in [6.45, 7) is 0. The first kappa shape index (κ1) is 35.4. The molecule has 0 aliphatic rings. The number of rotatable bonds is 10. The van der Waals surface area contributed by atoms with Gasteiger partial charge in [0.25, 0.3) is 5.69 Å². The topological polar surface area (TPSA) is 163 Å². The van der Waals surface area contributed by atoms with Gasteiger partial charge in [-0.05, 0) is 54.6 Å². The Morgan fingerprint density at radius 2 is 0.980 bits per heavy atom. The molecule has 0 fully saturated rings. The van der Waals surface area contributed by atoms with E-state index < -0.39 is 0 Å². The van der Waals surface area contributed by atoms with Crippen LogP contribution in [0.25, 0.3) is 22.5 Å². The highest BCUT2D eigenvalue weighted by atomic mass is 16.5. The molecule has 4 aromatic carbocycles. The molecule has 4 N–H and O–H groups in total. The normalized spacial score (nSPS) is 10.4. The number of carbonyl (C=O) groups excluding carboxylic acids is 2. The van der Waals surface area contributed by atoms with E-state index in [9.17, 15) is 14.8 Å². The first-order chi connectivity index (χ1) is 24.7. The number of para-hydroxylation sites is 4. The van der Waals surface area contributed by atoms with Gasteiger partial charge in [-0.15, -0.1) is 0 Å². The maximum atomic E-state index is 13.0. The van der Waals surface area contributed by atoms with Crippen molar-refractivity contribution >= 4 is 22.9 Å². The van der Waals surface area contributed by atoms with Gasteiger partial charge in [0.2, 0.25) is 0 Å². The van der Waals surface area contributed by atoms with E-state index in [1.54, 1.807) is 86.1 Å². The van der Waals surface area contributed by atoms with E-state index in [0.717, 1.165) is 5.56 Å². The van der Waals surface area contributed by atoms with Crippen LogP contribution >= 0.6 is 0 Å². The smallest absolute Gasteiger partial charge is 0.251 e. The van der Waals surface area contributed by atoms with Gasteiger partial charge in [0.05, 0.1) is 62.1 Å². The fourth-order valence-electron chi connectivity index (χ4n) is 5.54. The summed E-state index contributed by atoms with van der Waals surface area (Å²) in [5, 5.41) is 12.4. The van der Waals surface area contributed by atoms with Crippen molar-refractivity contribution in [3.05, 3.63) is 149 Å². The molecule has 258 valence electrons. The van der Waals surface area contributed by atoms with Crippen LogP contribution in [-0.4, -0.2) is 45.0 Å². The molecule has 6 rings (SSSR count). The number of methoxy groups -OCH3 is 4. The third-order valence-electron chi connectivity index (χ3n) is 8.05. The molecule has 0 atom stereocenters. The molecule has 51 heavy (non-hydrogen) atoms. The fourth-order valence-corrected chi connectivity index (χ4v) is 5.54. The Kier molecular flexibility index (Phi) is 11.1. The molecule has 0 bridgehead atoms. The maximum absolute atomic E-state index is 13.0. The number of nitrogens with zero attached hydrogens (tertiary/aromatic N) is 2. The minimum atomic E-state index is -0.323. The maximum Gasteiger partial charge on any atom is 0.251 e. The first-order valence-electron chi connectivity index (χ1n) is 15.6. The summed E-state index contributed by atoms with van der Waals surface area (Å²) in [6.07, 6.45) is 2.83. The Hall–Kier alpha value is -6.88. The van der Waals surface area contributed by atoms with E-state index in [4.69, 9.17) is 30.4 Å². The van der Waals surface area contributed by atoms with E-state index in [2.05, 4.69) is 4.98 Å². The molecule has 11 nitrogen and oxygen atoms in total. The number of pyridine rings is 2. The van der Waals surface area contributed by atoms with Gasteiger partial charge in [-0.3, -0.25) is 14.6 Å². The van der Waals surface area contributed by atoms with Crippen LogP contribution in [0.1, 0.15) is 31.8 Å². The Labute approximate surface area is 295 Å². The van der Waals surface area contributed by atoms with E-state index in [0.29, 0.717) is 61.4 Å². The number of nitrogen functional groups attached to an aromatic ring is 2. The zero-order chi connectivity index (χ0) is 36.5. The van der Waals surface area contributed by atoms with Gasteiger partial charge in [0, 0.05) is 23.4 Å². The minimum Gasteiger partial charge on any atom is -0.618 e. The number of nitrogens with two attached hydrogens (primary N) is 2. The highest BCUT2D eigenvalue weighted by Crippen LogP contribution is 2.36. The van der Waals surface area contributed by atoms with Crippen molar-refractivity contribution in [2.45, 2.75) is 0 Å². The lowest BCUT2D eigenvalue weighted by Crippen LogP contribution is -2.31. The number of hydrogen-bond donors (Lipinski definition) is 2. The van der Waals surface area contributed by atoms with Crippen molar-refractivity contribution in [1.82, 2.24) is 4.98 Å². The first-order valence-corrected chi connectivity index (χ1v) is 15.6. The Balaban J connectivity index is 0.000000198. The summed E-state index contributed by atoms with van der Waals surface area (Å²) in [6, 6.07) is 31.4. The van der Waals surface area contributed by atoms with Crippen LogP contribution in [0.3, 0.4) is 0 Å². The van der Waals surface area contributed by atoms with Crippen LogP contribution in [0.4, 0.5) is 11.4 Å². The SMILES string of the molecule is COc1ccccc1C(=O)c1cc[n+]([O-])c(-c2ccccc2OC)c1N.COc1ccccc1C(=O)c1ccnc(-c2ccccc2OC)c1N. The summed E-state index contributed by atoms with van der Waals surface area (Å²) in [7, 11) is 6.11. The summed E-state index contributed by atoms with van der Waals surface area (Å²) in [5.41, 5.74) is 16.3. The van der Waals surface area contributed by atoms with E-state index in [1.165, 1.54) is 33.6 Å². The number of ether oxygens (including phenoxy) is 4. The predicted octanol–water partition coefficient (Wildman–Crippen LogP) is 6.40. The third-order valence-corrected chi connectivity index (χ3v) is 8.05. The molecule has 0 saturated heterocycles. The number of aromatic nitrogens is 2. The lowest BCUT2D eigenvalue weighted by molar-refractivity contribution is -0.593. The largest absolute Gasteiger partial charge is 0.618 e. The summed E-state index contributed by atoms with van der Waals surface area (Å²) in [4.78, 5) is 30.3. The van der Waals surface area contributed by atoms with Gasteiger partial charge in [0.1, 0.15) is 28.7 Å². The highest BCUT2D eigenvalue weighted by molar-refractivity contribution is 6.15. The van der Waals surface area contributed by atoms with Crippen molar-refractivity contribution in [1.29, 1.82) is 0 Å². The second-order valence-electron chi connectivity index (χ2n) is 10.9. The molecule has 6 aromatic rings. The van der Waals surface area contributed by atoms with E-state index in [1.807, 2.05) is 30.3 Å². The number of benzene rings is 4. The standard InChI is InChI=1S/C20H18N2O4.C20H18N2O3/c1-25-16-9-5-3-7-13(16)19-18(21)15(11-12-22(19)24)20(23)14-8-4-6-10-17(14)26-2;1-24-16-9-5-3-7-13(16)19-18(21)15(11-12-22-19)20(23)14-8-4-6-10-17(14)25-2/h3-12H,21H2,1-2H3;3-12H,21H2,1-2H3. The number of carbonyl (C=O) groups is 2. The second-order valence-corrected chi connectivity index (χ2v) is 10.9. The molecule has 0 amide bonds. The van der Waals surface area contributed by atoms with Crippen LogP contribution in [-0.2, 0) is 0 Å². The van der Waals surface area contributed by atoms with Crippen molar-refractivity contribution < 1.29 is 33.3 Å². The van der Waals surface area contributed by atoms with Crippen molar-refractivity contribution in [3.63, 3.8) is 0 Å². The van der Waals surface area contributed by atoms with Crippen LogP contribution in [0.5, 0.6) is 23.0 Å². The average Bonchev–Trinajstić information content (AvgIpc) is 3.18. The quantitative estimate of drug-likeness (QED) is 0.0938. The van der Waals surface area contributed by atoms with Gasteiger partial charge >= 0.3 is 0 Å². The Morgan fingerprint density at radius 3 is 1.51 bits per heavy atom. The monoisotopic (exact) mass is 684 g/mol. The second kappa shape index (κ2) is 16.0. The lowest BCUT2D eigenvalue weighted by Gasteiger charge is -2.14. The van der Waals surface area contributed by atoms with Crippen LogP contribution in [0, 0.1) is 5.21 Å². The molecular weight excluding hydrogens is 648 g/mol. The number of ketones is 2. The Morgan fingerprint density at radius 1 is 0.549 bits per heavy atom. The molecule has 0 radical (unpaired) electrons. The molecule has 0 spiro atoms. The summed E-state index contributed by atoms with van der Waals surface area (Å²) < 4.78 is 21.9. The molecular formula is C40H36N4O7. The molecule has 0 aliphatic carbocycles. The van der Waals surface area contributed by atoms with Crippen molar-refractivity contribution in [2.75, 3.05) is 39.9 Å². The molecule has 0 unspecified atom stereocenters. The van der Waals surface area contributed by atoms with Gasteiger partial charge in [-0.25, -0.2) is 0 Å². The molecule has 0 saturated carbocycles. The van der Waals surface area contributed by atoms with Crippen molar-refractivity contribution in [3.8, 4) is 45.5 Å². The van der Waals surface area contributed by atoms with Crippen LogP contribution < -0.4 is 35.1 Å². The number of hydrogen-bond acceptors (Lipinski definition) is 10. The van der Waals surface area contributed by atoms with Gasteiger partial charge in [-0.1, -0.05) is 48.5 Å². The number of anilines is 2. The zero-order valence-corrected chi connectivity index (χ0v) is 28.5. The van der Waals surface area contributed by atoms with E-state index in [-0.39, 0.29) is 28.5 Å². The predicted molar refractivity (Wildman–Crippen MR) is 195 cm³/mol. The third kappa shape index (κ3) is 7.27. The molecule has 0 aliphatic heterocycles. The Bertz CT molecular complexity index is 2200. The van der Waals surface area contributed by atoms with Crippen LogP contribution in [0.2, 0.25) is 0 Å². The lowest BCUT2D eigenvalue weighted by atomic mass is 9.98. The molecule has 11 heteroatoms. The molecule has 2 heterocycles. The summed E-state index contributed by atoms with van der Waals surface area (Å²) >= 11 is 0. The highest BCUT2D eigenvalue weighted by Gasteiger charge is 2.26. The minimum absolute atomic E-state index is 0.0860. The fraction of sp³-hybridized carbons (Fsp3) is 0.100. The van der Waals surface area contributed by atoms with Crippen LogP contribution in [0.15, 0.2) is 122 Å². The van der Waals surface area contributed by atoms with Gasteiger partial charge < -0.3 is 35.6 Å². The van der Waals surface area contributed by atoms with E-state index >= 15 is 0 Å². The summed E-state index contributed by atoms with van der Waals surface area (Å²) in [5.74, 6) is 1.54. The van der Waals surface area contributed by atoms with Crippen molar-refractivity contribution in [2.24, 2.45) is 0 Å².